The zero-order valence-electron chi connectivity index (χ0n) is 9.97. The minimum atomic E-state index is 0.601. The zero-order chi connectivity index (χ0) is 13.1. The van der Waals surface area contributed by atoms with Crippen molar-refractivity contribution in [1.29, 1.82) is 0 Å². The molecule has 0 aliphatic heterocycles. The average Bonchev–Trinajstić information content (AvgIpc) is 2.83. The maximum absolute atomic E-state index is 6.03. The molecule has 0 saturated carbocycles. The van der Waals surface area contributed by atoms with Gasteiger partial charge in [0, 0.05) is 10.6 Å². The fourth-order valence-corrected chi connectivity index (χ4v) is 1.93. The number of halogens is 1. The van der Waals surface area contributed by atoms with Crippen LogP contribution in [-0.2, 0) is 0 Å². The number of hydrogen-bond donors (Lipinski definition) is 2. The van der Waals surface area contributed by atoms with E-state index in [1.807, 2.05) is 48.5 Å². The van der Waals surface area contributed by atoms with Crippen molar-refractivity contribution in [1.82, 2.24) is 9.97 Å². The molecule has 94 valence electrons. The van der Waals surface area contributed by atoms with Gasteiger partial charge in [-0.2, -0.15) is 5.10 Å². The smallest absolute Gasteiger partial charge is 0.222 e. The predicted octanol–water partition coefficient (Wildman–Crippen LogP) is 3.66. The summed E-state index contributed by atoms with van der Waals surface area (Å²) in [6, 6.07) is 15.3. The maximum atomic E-state index is 6.03. The van der Waals surface area contributed by atoms with Gasteiger partial charge in [0.1, 0.15) is 0 Å². The van der Waals surface area contributed by atoms with Crippen LogP contribution in [-0.4, -0.2) is 16.2 Å². The minimum absolute atomic E-state index is 0.601. The lowest BCUT2D eigenvalue weighted by Crippen LogP contribution is -1.92. The van der Waals surface area contributed by atoms with Crippen molar-refractivity contribution in [2.75, 3.05) is 5.43 Å². The van der Waals surface area contributed by atoms with Crippen molar-refractivity contribution in [3.63, 3.8) is 0 Å². The van der Waals surface area contributed by atoms with E-state index < -0.39 is 0 Å². The summed E-state index contributed by atoms with van der Waals surface area (Å²) in [5, 5.41) is 4.78. The predicted molar refractivity (Wildman–Crippen MR) is 78.8 cm³/mol. The number of nitrogens with one attached hydrogen (secondary N) is 2. The van der Waals surface area contributed by atoms with Gasteiger partial charge in [-0.3, -0.25) is 0 Å². The van der Waals surface area contributed by atoms with E-state index in [2.05, 4.69) is 20.5 Å². The molecule has 0 aliphatic rings. The zero-order valence-corrected chi connectivity index (χ0v) is 10.7. The monoisotopic (exact) mass is 270 g/mol. The van der Waals surface area contributed by atoms with Crippen LogP contribution in [0.1, 0.15) is 5.56 Å². The molecule has 1 heterocycles. The first kappa shape index (κ1) is 11.7. The number of hydrazone groups is 1. The van der Waals surface area contributed by atoms with Gasteiger partial charge in [-0.05, 0) is 18.2 Å². The first-order chi connectivity index (χ1) is 9.33. The molecule has 3 rings (SSSR count). The summed E-state index contributed by atoms with van der Waals surface area (Å²) in [5.41, 5.74) is 5.58. The normalized spacial score (nSPS) is 11.2. The number of aromatic amines is 1. The van der Waals surface area contributed by atoms with E-state index in [1.165, 1.54) is 0 Å². The Hall–Kier alpha value is -2.33. The van der Waals surface area contributed by atoms with Crippen LogP contribution >= 0.6 is 11.6 Å². The van der Waals surface area contributed by atoms with E-state index in [1.54, 1.807) is 6.21 Å². The van der Waals surface area contributed by atoms with Gasteiger partial charge in [0.15, 0.2) is 0 Å². The average molecular weight is 271 g/mol. The van der Waals surface area contributed by atoms with Crippen LogP contribution in [0.5, 0.6) is 0 Å². The molecular formula is C14H11ClN4. The second-order valence-corrected chi connectivity index (χ2v) is 4.40. The molecule has 0 spiro atoms. The van der Waals surface area contributed by atoms with Gasteiger partial charge in [-0.25, -0.2) is 10.4 Å². The molecule has 2 aromatic carbocycles. The minimum Gasteiger partial charge on any atom is -0.323 e. The molecule has 2 N–H and O–H groups in total. The molecule has 0 unspecified atom stereocenters. The number of nitrogens with zero attached hydrogens (tertiary/aromatic N) is 2. The van der Waals surface area contributed by atoms with Crippen LogP contribution in [0.25, 0.3) is 11.0 Å². The van der Waals surface area contributed by atoms with Crippen LogP contribution < -0.4 is 5.43 Å². The Morgan fingerprint density at radius 1 is 1.11 bits per heavy atom. The largest absolute Gasteiger partial charge is 0.323 e. The number of H-pyrrole nitrogens is 1. The fourth-order valence-electron chi connectivity index (χ4n) is 1.75. The van der Waals surface area contributed by atoms with E-state index in [0.717, 1.165) is 16.6 Å². The van der Waals surface area contributed by atoms with Crippen molar-refractivity contribution < 1.29 is 0 Å². The summed E-state index contributed by atoms with van der Waals surface area (Å²) in [5.74, 6) is 0.601. The highest BCUT2D eigenvalue weighted by Crippen LogP contribution is 2.14. The van der Waals surface area contributed by atoms with Crippen LogP contribution in [0.2, 0.25) is 5.02 Å². The Labute approximate surface area is 115 Å². The van der Waals surface area contributed by atoms with E-state index in [-0.39, 0.29) is 0 Å². The molecule has 0 bridgehead atoms. The molecule has 0 amide bonds. The molecule has 1 aromatic heterocycles. The summed E-state index contributed by atoms with van der Waals surface area (Å²) in [7, 11) is 0. The summed E-state index contributed by atoms with van der Waals surface area (Å²) in [6.45, 7) is 0. The molecule has 19 heavy (non-hydrogen) atoms. The number of anilines is 1. The molecule has 0 saturated heterocycles. The number of para-hydroxylation sites is 2. The first-order valence-corrected chi connectivity index (χ1v) is 6.19. The van der Waals surface area contributed by atoms with E-state index in [9.17, 15) is 0 Å². The molecular weight excluding hydrogens is 260 g/mol. The Kier molecular flexibility index (Phi) is 3.16. The summed E-state index contributed by atoms with van der Waals surface area (Å²) in [4.78, 5) is 7.48. The van der Waals surface area contributed by atoms with Gasteiger partial charge in [-0.15, -0.1) is 0 Å². The van der Waals surface area contributed by atoms with Crippen molar-refractivity contribution >= 4 is 34.8 Å². The molecule has 3 aromatic rings. The van der Waals surface area contributed by atoms with Gasteiger partial charge >= 0.3 is 0 Å². The van der Waals surface area contributed by atoms with Gasteiger partial charge < -0.3 is 4.98 Å². The molecule has 0 fully saturated rings. The Bertz CT molecular complexity index is 700. The summed E-state index contributed by atoms with van der Waals surface area (Å²) >= 11 is 6.03. The summed E-state index contributed by atoms with van der Waals surface area (Å²) in [6.07, 6.45) is 1.66. The maximum Gasteiger partial charge on any atom is 0.222 e. The van der Waals surface area contributed by atoms with Crippen LogP contribution in [0.15, 0.2) is 53.6 Å². The third-order valence-electron chi connectivity index (χ3n) is 2.67. The van der Waals surface area contributed by atoms with Crippen LogP contribution in [0, 0.1) is 0 Å². The van der Waals surface area contributed by atoms with E-state index >= 15 is 0 Å². The second-order valence-electron chi connectivity index (χ2n) is 3.99. The highest BCUT2D eigenvalue weighted by Gasteiger charge is 1.99. The standard InChI is InChI=1S/C14H11ClN4/c15-11-6-2-1-5-10(11)9-16-19-14-17-12-7-3-4-8-13(12)18-14/h1-9H,(H2,17,18,19)/b16-9-. The highest BCUT2D eigenvalue weighted by atomic mass is 35.5. The van der Waals surface area contributed by atoms with Crippen molar-refractivity contribution in [3.05, 3.63) is 59.1 Å². The number of imidazole rings is 1. The SMILES string of the molecule is Clc1ccccc1/C=N\Nc1nc2ccccc2[nH]1. The van der Waals surface area contributed by atoms with Crippen molar-refractivity contribution in [3.8, 4) is 0 Å². The van der Waals surface area contributed by atoms with Gasteiger partial charge in [0.05, 0.1) is 17.2 Å². The second kappa shape index (κ2) is 5.12. The quantitative estimate of drug-likeness (QED) is 0.564. The number of hydrogen-bond acceptors (Lipinski definition) is 3. The number of aromatic nitrogens is 2. The molecule has 0 atom stereocenters. The topological polar surface area (TPSA) is 53.1 Å². The highest BCUT2D eigenvalue weighted by molar-refractivity contribution is 6.33. The van der Waals surface area contributed by atoms with E-state index in [4.69, 9.17) is 11.6 Å². The molecule has 0 radical (unpaired) electrons. The number of fused-ring (bicyclic) bond motifs is 1. The third-order valence-corrected chi connectivity index (χ3v) is 3.01. The van der Waals surface area contributed by atoms with Gasteiger partial charge in [0.25, 0.3) is 0 Å². The van der Waals surface area contributed by atoms with Gasteiger partial charge in [0.2, 0.25) is 5.95 Å². The number of benzene rings is 2. The van der Waals surface area contributed by atoms with Crippen molar-refractivity contribution in [2.45, 2.75) is 0 Å². The van der Waals surface area contributed by atoms with Crippen molar-refractivity contribution in [2.24, 2.45) is 5.10 Å². The Morgan fingerprint density at radius 2 is 1.89 bits per heavy atom. The lowest BCUT2D eigenvalue weighted by atomic mass is 10.2. The molecule has 0 aliphatic carbocycles. The molecule has 4 nitrogen and oxygen atoms in total. The van der Waals surface area contributed by atoms with Crippen LogP contribution in [0.4, 0.5) is 5.95 Å². The lowest BCUT2D eigenvalue weighted by Gasteiger charge is -1.96. The number of rotatable bonds is 3. The lowest BCUT2D eigenvalue weighted by molar-refractivity contribution is 1.21. The first-order valence-electron chi connectivity index (χ1n) is 5.81. The van der Waals surface area contributed by atoms with Gasteiger partial charge in [-0.1, -0.05) is 41.9 Å². The fraction of sp³-hybridized carbons (Fsp3) is 0. The summed E-state index contributed by atoms with van der Waals surface area (Å²) < 4.78 is 0. The third kappa shape index (κ3) is 2.58. The van der Waals surface area contributed by atoms with Crippen LogP contribution in [0.3, 0.4) is 0 Å². The molecule has 5 heteroatoms. The Morgan fingerprint density at radius 3 is 2.74 bits per heavy atom. The van der Waals surface area contributed by atoms with E-state index in [0.29, 0.717) is 11.0 Å². The Balaban J connectivity index is 1.77.